The Morgan fingerprint density at radius 3 is 1.63 bits per heavy atom. The predicted octanol–water partition coefficient (Wildman–Crippen LogP) is 6.01. The number of carbonyl (C=O) groups excluding carboxylic acids is 4. The standard InChI is InChI=1S/C43H44N8O4S2/c1-3-47-22-23-49(29-47)19-7-17-45-37-15-13-35-39-31(37)9-5-11-33(39)41(53)51(43(35)55)25-27-57-56-26-24-50-40(52)32-10-4-8-30-36(14-12-34(38(30)32)42(50)54)44-16-6-18-48-21-20-46(2)28-48/h4-5,8-15,20-23,28-29H,3,6-7,16-19,24-27H2,1-2H3/p+2. The quantitative estimate of drug-likeness (QED) is 0.0471. The van der Waals surface area contributed by atoms with Crippen LogP contribution < -0.4 is 19.8 Å². The molecule has 4 amide bonds. The van der Waals surface area contributed by atoms with E-state index in [0.29, 0.717) is 44.5 Å². The monoisotopic (exact) mass is 802 g/mol. The van der Waals surface area contributed by atoms with Crippen molar-refractivity contribution in [2.45, 2.75) is 39.4 Å². The molecule has 0 unspecified atom stereocenters. The molecule has 0 aliphatic carbocycles. The molecule has 292 valence electrons. The van der Waals surface area contributed by atoms with E-state index in [1.54, 1.807) is 12.1 Å². The SMILES string of the molecule is CCn1cc[n+](CCCNc2ccc3c4c(cccc24)C(=O)N(CCSSCCN2C(=O)c4cccc5c(NCCCn6cc[n+](C)c6)ccc(c45)C2=O)C3=O)c1. The molecule has 0 saturated heterocycles. The predicted molar refractivity (Wildman–Crippen MR) is 226 cm³/mol. The zero-order valence-corrected chi connectivity index (χ0v) is 33.8. The van der Waals surface area contributed by atoms with E-state index in [9.17, 15) is 19.2 Å². The minimum atomic E-state index is -0.293. The fourth-order valence-electron chi connectivity index (χ4n) is 7.74. The van der Waals surface area contributed by atoms with Crippen molar-refractivity contribution in [3.8, 4) is 0 Å². The van der Waals surface area contributed by atoms with Crippen molar-refractivity contribution in [2.24, 2.45) is 7.05 Å². The molecule has 2 aromatic heterocycles. The van der Waals surface area contributed by atoms with Gasteiger partial charge in [0.25, 0.3) is 23.6 Å². The van der Waals surface area contributed by atoms with Crippen molar-refractivity contribution < 1.29 is 28.3 Å². The van der Waals surface area contributed by atoms with Crippen LogP contribution in [-0.4, -0.2) is 80.2 Å². The van der Waals surface area contributed by atoms with Gasteiger partial charge in [-0.25, -0.2) is 18.3 Å². The van der Waals surface area contributed by atoms with Gasteiger partial charge in [0.1, 0.15) is 24.8 Å². The van der Waals surface area contributed by atoms with E-state index in [0.717, 1.165) is 67.7 Å². The summed E-state index contributed by atoms with van der Waals surface area (Å²) < 4.78 is 8.46. The number of nitrogens with one attached hydrogen (secondary N) is 2. The summed E-state index contributed by atoms with van der Waals surface area (Å²) in [7, 11) is 5.04. The first-order valence-corrected chi connectivity index (χ1v) is 21.9. The maximum atomic E-state index is 13.7. The molecular weight excluding hydrogens is 757 g/mol. The molecule has 0 spiro atoms. The third-order valence-electron chi connectivity index (χ3n) is 10.6. The Bertz CT molecular complexity index is 2470. The third-order valence-corrected chi connectivity index (χ3v) is 13.0. The van der Waals surface area contributed by atoms with Crippen molar-refractivity contribution in [1.82, 2.24) is 18.9 Å². The summed E-state index contributed by atoms with van der Waals surface area (Å²) in [5, 5.41) is 10.2. The minimum absolute atomic E-state index is 0.251. The van der Waals surface area contributed by atoms with Gasteiger partial charge in [0.2, 0.25) is 12.7 Å². The first-order chi connectivity index (χ1) is 27.8. The van der Waals surface area contributed by atoms with Gasteiger partial charge in [-0.3, -0.25) is 29.0 Å². The van der Waals surface area contributed by atoms with Crippen LogP contribution >= 0.6 is 21.6 Å². The van der Waals surface area contributed by atoms with Gasteiger partial charge in [0.05, 0.1) is 26.7 Å². The average Bonchev–Trinajstić information content (AvgIpc) is 3.88. The molecule has 57 heavy (non-hydrogen) atoms. The second-order valence-corrected chi connectivity index (χ2v) is 17.0. The van der Waals surface area contributed by atoms with Crippen LogP contribution in [0.4, 0.5) is 11.4 Å². The number of anilines is 2. The number of imide groups is 2. The third kappa shape index (κ3) is 7.75. The first kappa shape index (κ1) is 38.3. The maximum Gasteiger partial charge on any atom is 0.261 e. The number of hydrogen-bond acceptors (Lipinski definition) is 8. The van der Waals surface area contributed by atoms with Gasteiger partial charge in [-0.2, -0.15) is 0 Å². The van der Waals surface area contributed by atoms with Crippen molar-refractivity contribution in [3.63, 3.8) is 0 Å². The number of imidazole rings is 2. The molecule has 2 aliphatic heterocycles. The van der Waals surface area contributed by atoms with E-state index < -0.39 is 0 Å². The molecule has 0 saturated carbocycles. The van der Waals surface area contributed by atoms with Crippen LogP contribution in [0.25, 0.3) is 21.5 Å². The minimum Gasteiger partial charge on any atom is -0.384 e. The van der Waals surface area contributed by atoms with Gasteiger partial charge < -0.3 is 10.6 Å². The first-order valence-electron chi connectivity index (χ1n) is 19.4. The number of nitrogens with zero attached hydrogens (tertiary/aromatic N) is 6. The van der Waals surface area contributed by atoms with Crippen LogP contribution in [0, 0.1) is 0 Å². The molecule has 0 bridgehead atoms. The summed E-state index contributed by atoms with van der Waals surface area (Å²) in [6.07, 6.45) is 14.2. The molecular formula is C43H46N8O4S2+2. The fraction of sp³-hybridized carbons (Fsp3) is 0.302. The zero-order chi connectivity index (χ0) is 39.5. The van der Waals surface area contributed by atoms with Crippen molar-refractivity contribution in [1.29, 1.82) is 0 Å². The maximum absolute atomic E-state index is 13.7. The summed E-state index contributed by atoms with van der Waals surface area (Å²) in [5.74, 6) is -0.149. The lowest BCUT2D eigenvalue weighted by molar-refractivity contribution is -0.696. The number of aromatic nitrogens is 4. The number of benzene rings is 4. The lowest BCUT2D eigenvalue weighted by Gasteiger charge is -2.28. The average molecular weight is 803 g/mol. The molecule has 2 N–H and O–H groups in total. The number of rotatable bonds is 18. The van der Waals surface area contributed by atoms with Gasteiger partial charge in [0.15, 0.2) is 0 Å². The highest BCUT2D eigenvalue weighted by molar-refractivity contribution is 8.76. The van der Waals surface area contributed by atoms with E-state index in [1.807, 2.05) is 78.9 Å². The summed E-state index contributed by atoms with van der Waals surface area (Å²) in [5.41, 5.74) is 3.93. The van der Waals surface area contributed by atoms with Crippen molar-refractivity contribution in [3.05, 3.63) is 120 Å². The number of carbonyl (C=O) groups is 4. The molecule has 2 aliphatic rings. The highest BCUT2D eigenvalue weighted by Gasteiger charge is 2.34. The molecule has 4 heterocycles. The Hall–Kier alpha value is -5.60. The highest BCUT2D eigenvalue weighted by atomic mass is 33.1. The normalized spacial score (nSPS) is 13.7. The van der Waals surface area contributed by atoms with Crippen molar-refractivity contribution in [2.75, 3.05) is 48.3 Å². The van der Waals surface area contributed by atoms with Crippen LogP contribution in [-0.2, 0) is 26.7 Å². The lowest BCUT2D eigenvalue weighted by Crippen LogP contribution is -2.42. The van der Waals surface area contributed by atoms with E-state index in [1.165, 1.54) is 31.4 Å². The lowest BCUT2D eigenvalue weighted by atomic mass is 9.93. The van der Waals surface area contributed by atoms with Gasteiger partial charge in [0, 0.05) is 106 Å². The number of amides is 4. The second-order valence-electron chi connectivity index (χ2n) is 14.3. The summed E-state index contributed by atoms with van der Waals surface area (Å²) in [6.45, 7) is 6.83. The zero-order valence-electron chi connectivity index (χ0n) is 32.1. The molecule has 0 atom stereocenters. The Morgan fingerprint density at radius 1 is 0.596 bits per heavy atom. The van der Waals surface area contributed by atoms with Crippen LogP contribution in [0.1, 0.15) is 61.2 Å². The van der Waals surface area contributed by atoms with E-state index in [-0.39, 0.29) is 36.7 Å². The topological polar surface area (TPSA) is 116 Å². The fourth-order valence-corrected chi connectivity index (χ4v) is 9.65. The summed E-state index contributed by atoms with van der Waals surface area (Å²) in [4.78, 5) is 57.3. The molecule has 6 aromatic rings. The highest BCUT2D eigenvalue weighted by Crippen LogP contribution is 2.36. The smallest absolute Gasteiger partial charge is 0.261 e. The van der Waals surface area contributed by atoms with Crippen LogP contribution in [0.2, 0.25) is 0 Å². The Kier molecular flexibility index (Phi) is 11.3. The van der Waals surface area contributed by atoms with E-state index in [4.69, 9.17) is 0 Å². The number of hydrogen-bond donors (Lipinski definition) is 2. The van der Waals surface area contributed by atoms with Crippen molar-refractivity contribution >= 4 is 78.1 Å². The molecule has 8 rings (SSSR count). The van der Waals surface area contributed by atoms with Gasteiger partial charge >= 0.3 is 0 Å². The Labute approximate surface area is 339 Å². The summed E-state index contributed by atoms with van der Waals surface area (Å²) >= 11 is 0. The Balaban J connectivity index is 0.827. The largest absolute Gasteiger partial charge is 0.384 e. The molecule has 14 heteroatoms. The van der Waals surface area contributed by atoms with Gasteiger partial charge in [-0.1, -0.05) is 45.9 Å². The van der Waals surface area contributed by atoms with Gasteiger partial charge in [-0.15, -0.1) is 0 Å². The Morgan fingerprint density at radius 2 is 1.12 bits per heavy atom. The second kappa shape index (κ2) is 16.9. The summed E-state index contributed by atoms with van der Waals surface area (Å²) in [6, 6.07) is 18.8. The van der Waals surface area contributed by atoms with Crippen LogP contribution in [0.15, 0.2) is 98.1 Å². The molecule has 4 aromatic carbocycles. The molecule has 0 radical (unpaired) electrons. The van der Waals surface area contributed by atoms with Crippen LogP contribution in [0.5, 0.6) is 0 Å². The van der Waals surface area contributed by atoms with Crippen LogP contribution in [0.3, 0.4) is 0 Å². The molecule has 12 nitrogen and oxygen atoms in total. The number of aryl methyl sites for hydroxylation is 4. The van der Waals surface area contributed by atoms with Gasteiger partial charge in [-0.05, 0) is 43.3 Å². The molecule has 0 fully saturated rings. The van der Waals surface area contributed by atoms with E-state index >= 15 is 0 Å². The van der Waals surface area contributed by atoms with E-state index in [2.05, 4.69) is 50.0 Å².